The summed E-state index contributed by atoms with van der Waals surface area (Å²) in [4.78, 5) is 12.3. The molecule has 1 aliphatic rings. The van der Waals surface area contributed by atoms with Gasteiger partial charge in [0.25, 0.3) is 0 Å². The number of hydrogen-bond donors (Lipinski definition) is 0. The van der Waals surface area contributed by atoms with E-state index in [-0.39, 0.29) is 11.7 Å². The van der Waals surface area contributed by atoms with E-state index in [4.69, 9.17) is 4.74 Å². The van der Waals surface area contributed by atoms with Gasteiger partial charge in [-0.25, -0.2) is 9.48 Å². The van der Waals surface area contributed by atoms with Crippen LogP contribution in [0.1, 0.15) is 67.0 Å². The van der Waals surface area contributed by atoms with Gasteiger partial charge in [-0.05, 0) is 57.7 Å². The minimum atomic E-state index is -4.37. The largest absolute Gasteiger partial charge is 0.455 e. The van der Waals surface area contributed by atoms with Crippen LogP contribution in [0.4, 0.5) is 13.2 Å². The second kappa shape index (κ2) is 6.41. The Morgan fingerprint density at radius 3 is 2.42 bits per heavy atom. The van der Waals surface area contributed by atoms with Crippen LogP contribution < -0.4 is 0 Å². The first-order valence-electron chi connectivity index (χ1n) is 8.41. The molecule has 1 atom stereocenters. The number of benzene rings is 1. The highest BCUT2D eigenvalue weighted by molar-refractivity contribution is 5.88. The highest BCUT2D eigenvalue weighted by atomic mass is 19.4. The van der Waals surface area contributed by atoms with Gasteiger partial charge < -0.3 is 4.74 Å². The van der Waals surface area contributed by atoms with Crippen LogP contribution in [0.5, 0.6) is 0 Å². The van der Waals surface area contributed by atoms with Crippen LogP contribution in [0.2, 0.25) is 0 Å². The Balaban J connectivity index is 1.89. The SMILES string of the molecule is CC(C)(C)OC(=O)c1nnn2c1CCCC2c1ccc(C(F)(F)F)cc1. The van der Waals surface area contributed by atoms with E-state index in [0.717, 1.165) is 25.0 Å². The quantitative estimate of drug-likeness (QED) is 0.748. The molecule has 2 aromatic rings. The van der Waals surface area contributed by atoms with E-state index in [9.17, 15) is 18.0 Å². The van der Waals surface area contributed by atoms with Gasteiger partial charge in [0.2, 0.25) is 0 Å². The molecule has 0 radical (unpaired) electrons. The van der Waals surface area contributed by atoms with Gasteiger partial charge in [-0.15, -0.1) is 5.10 Å². The number of aromatic nitrogens is 3. The fourth-order valence-electron chi connectivity index (χ4n) is 3.07. The van der Waals surface area contributed by atoms with Crippen LogP contribution >= 0.6 is 0 Å². The van der Waals surface area contributed by atoms with Crippen LogP contribution in [0.25, 0.3) is 0 Å². The molecule has 1 aromatic heterocycles. The topological polar surface area (TPSA) is 57.0 Å². The first kappa shape index (κ1) is 18.4. The number of alkyl halides is 3. The number of fused-ring (bicyclic) bond motifs is 1. The molecule has 3 rings (SSSR count). The van der Waals surface area contributed by atoms with Gasteiger partial charge in [0.05, 0.1) is 17.3 Å². The summed E-state index contributed by atoms with van der Waals surface area (Å²) in [6.07, 6.45) is -2.24. The van der Waals surface area contributed by atoms with Crippen LogP contribution in [0.3, 0.4) is 0 Å². The number of hydrogen-bond acceptors (Lipinski definition) is 4. The zero-order chi connectivity index (χ0) is 19.1. The lowest BCUT2D eigenvalue weighted by molar-refractivity contribution is -0.137. The van der Waals surface area contributed by atoms with Crippen molar-refractivity contribution in [3.05, 3.63) is 46.8 Å². The van der Waals surface area contributed by atoms with E-state index < -0.39 is 23.3 Å². The van der Waals surface area contributed by atoms with E-state index in [0.29, 0.717) is 17.7 Å². The molecule has 0 spiro atoms. The molecule has 0 aliphatic carbocycles. The summed E-state index contributed by atoms with van der Waals surface area (Å²) in [7, 11) is 0. The summed E-state index contributed by atoms with van der Waals surface area (Å²) in [6, 6.07) is 4.80. The number of carbonyl (C=O) groups is 1. The third-order valence-electron chi connectivity index (χ3n) is 4.19. The molecule has 0 saturated carbocycles. The summed E-state index contributed by atoms with van der Waals surface area (Å²) in [5.74, 6) is -0.535. The molecular weight excluding hydrogens is 347 g/mol. The van der Waals surface area contributed by atoms with Crippen molar-refractivity contribution in [3.63, 3.8) is 0 Å². The zero-order valence-corrected chi connectivity index (χ0v) is 14.8. The normalized spacial score (nSPS) is 17.7. The minimum absolute atomic E-state index is 0.177. The first-order chi connectivity index (χ1) is 12.1. The van der Waals surface area contributed by atoms with Crippen molar-refractivity contribution in [1.29, 1.82) is 0 Å². The molecule has 26 heavy (non-hydrogen) atoms. The van der Waals surface area contributed by atoms with Crippen molar-refractivity contribution in [3.8, 4) is 0 Å². The van der Waals surface area contributed by atoms with Crippen molar-refractivity contribution in [2.24, 2.45) is 0 Å². The fourth-order valence-corrected chi connectivity index (χ4v) is 3.07. The molecule has 1 aliphatic heterocycles. The van der Waals surface area contributed by atoms with Crippen molar-refractivity contribution in [2.45, 2.75) is 57.9 Å². The van der Waals surface area contributed by atoms with Crippen LogP contribution in [-0.4, -0.2) is 26.6 Å². The third-order valence-corrected chi connectivity index (χ3v) is 4.19. The number of halogens is 3. The zero-order valence-electron chi connectivity index (χ0n) is 14.8. The molecule has 8 heteroatoms. The van der Waals surface area contributed by atoms with Gasteiger partial charge in [0.15, 0.2) is 5.69 Å². The fraction of sp³-hybridized carbons (Fsp3) is 0.500. The van der Waals surface area contributed by atoms with Gasteiger partial charge in [-0.1, -0.05) is 17.3 Å². The number of ether oxygens (including phenoxy) is 1. The molecule has 0 saturated heterocycles. The number of esters is 1. The second-order valence-corrected chi connectivity index (χ2v) is 7.36. The van der Waals surface area contributed by atoms with Gasteiger partial charge in [0.1, 0.15) is 5.60 Å². The molecular formula is C18H20F3N3O2. The highest BCUT2D eigenvalue weighted by Gasteiger charge is 2.33. The van der Waals surface area contributed by atoms with E-state index in [2.05, 4.69) is 10.3 Å². The van der Waals surface area contributed by atoms with Gasteiger partial charge in [-0.2, -0.15) is 13.2 Å². The summed E-state index contributed by atoms with van der Waals surface area (Å²) >= 11 is 0. The number of rotatable bonds is 2. The van der Waals surface area contributed by atoms with E-state index in [1.54, 1.807) is 25.5 Å². The molecule has 0 fully saturated rings. The first-order valence-corrected chi connectivity index (χ1v) is 8.41. The van der Waals surface area contributed by atoms with Crippen molar-refractivity contribution < 1.29 is 22.7 Å². The average Bonchev–Trinajstić information content (AvgIpc) is 2.96. The lowest BCUT2D eigenvalue weighted by Gasteiger charge is -2.25. The van der Waals surface area contributed by atoms with Crippen LogP contribution in [0.15, 0.2) is 24.3 Å². The third kappa shape index (κ3) is 3.73. The number of carbonyl (C=O) groups excluding carboxylic acids is 1. The Morgan fingerprint density at radius 1 is 1.19 bits per heavy atom. The monoisotopic (exact) mass is 367 g/mol. The Labute approximate surface area is 149 Å². The van der Waals surface area contributed by atoms with Crippen molar-refractivity contribution in [1.82, 2.24) is 15.0 Å². The van der Waals surface area contributed by atoms with E-state index in [1.807, 2.05) is 0 Å². The highest BCUT2D eigenvalue weighted by Crippen LogP contribution is 2.34. The van der Waals surface area contributed by atoms with Crippen LogP contribution in [0, 0.1) is 0 Å². The molecule has 1 aromatic carbocycles. The lowest BCUT2D eigenvalue weighted by Crippen LogP contribution is -2.26. The lowest BCUT2D eigenvalue weighted by atomic mass is 9.95. The van der Waals surface area contributed by atoms with Crippen LogP contribution in [-0.2, 0) is 17.3 Å². The summed E-state index contributed by atoms with van der Waals surface area (Å²) in [5.41, 5.74) is 0.214. The van der Waals surface area contributed by atoms with E-state index in [1.165, 1.54) is 12.1 Å². The molecule has 0 amide bonds. The molecule has 140 valence electrons. The second-order valence-electron chi connectivity index (χ2n) is 7.36. The Kier molecular flexibility index (Phi) is 4.54. The van der Waals surface area contributed by atoms with Gasteiger partial charge in [0, 0.05) is 0 Å². The standard InChI is InChI=1S/C18H20F3N3O2/c1-17(2,3)26-16(25)15-14-6-4-5-13(24(14)23-22-15)11-7-9-12(10-8-11)18(19,20)21/h7-10,13H,4-6H2,1-3H3. The Morgan fingerprint density at radius 2 is 1.85 bits per heavy atom. The molecule has 0 bridgehead atoms. The Hall–Kier alpha value is -2.38. The Bertz CT molecular complexity index is 805. The maximum absolute atomic E-state index is 12.7. The molecule has 2 heterocycles. The average molecular weight is 367 g/mol. The molecule has 5 nitrogen and oxygen atoms in total. The minimum Gasteiger partial charge on any atom is -0.455 e. The van der Waals surface area contributed by atoms with Crippen molar-refractivity contribution in [2.75, 3.05) is 0 Å². The van der Waals surface area contributed by atoms with Crippen molar-refractivity contribution >= 4 is 5.97 Å². The summed E-state index contributed by atoms with van der Waals surface area (Å²) < 4.78 is 45.2. The number of nitrogens with zero attached hydrogens (tertiary/aromatic N) is 3. The predicted octanol–water partition coefficient (Wildman–Crippen LogP) is 4.18. The molecule has 0 N–H and O–H groups in total. The van der Waals surface area contributed by atoms with E-state index >= 15 is 0 Å². The maximum atomic E-state index is 12.7. The summed E-state index contributed by atoms with van der Waals surface area (Å²) in [5, 5.41) is 8.05. The predicted molar refractivity (Wildman–Crippen MR) is 87.7 cm³/mol. The maximum Gasteiger partial charge on any atom is 0.416 e. The van der Waals surface area contributed by atoms with Gasteiger partial charge >= 0.3 is 12.1 Å². The smallest absolute Gasteiger partial charge is 0.416 e. The summed E-state index contributed by atoms with van der Waals surface area (Å²) in [6.45, 7) is 5.31. The van der Waals surface area contributed by atoms with Gasteiger partial charge in [-0.3, -0.25) is 0 Å². The molecule has 1 unspecified atom stereocenters.